The van der Waals surface area contributed by atoms with E-state index < -0.39 is 0 Å². The number of fused-ring (bicyclic) bond motifs is 1. The van der Waals surface area contributed by atoms with Gasteiger partial charge in [-0.2, -0.15) is 0 Å². The van der Waals surface area contributed by atoms with Crippen molar-refractivity contribution in [2.75, 3.05) is 11.9 Å². The van der Waals surface area contributed by atoms with E-state index in [2.05, 4.69) is 44.4 Å². The Kier molecular flexibility index (Phi) is 5.05. The number of carbonyl (C=O) groups excluding carboxylic acids is 1. The minimum Gasteiger partial charge on any atom is -0.341 e. The summed E-state index contributed by atoms with van der Waals surface area (Å²) in [6.45, 7) is 2.61. The molecule has 0 aliphatic heterocycles. The Bertz CT molecular complexity index is 1010. The number of halogens is 1. The standard InChI is InChI=1S/C20H21IN4O2/c1-12-10-14(21)7-8-16(12)23-19-17(20(26)24-27-11-13-5-6-13)15-4-3-9-22-18(15)25(19)2/h3-4,7-10,13,23H,5-6,11H2,1-2H3,(H,24,26). The zero-order valence-electron chi connectivity index (χ0n) is 15.3. The van der Waals surface area contributed by atoms with Gasteiger partial charge in [0, 0.05) is 27.9 Å². The summed E-state index contributed by atoms with van der Waals surface area (Å²) in [5, 5.41) is 4.21. The van der Waals surface area contributed by atoms with Crippen molar-refractivity contribution in [3.8, 4) is 0 Å². The van der Waals surface area contributed by atoms with Crippen molar-refractivity contribution in [2.24, 2.45) is 13.0 Å². The predicted octanol–water partition coefficient (Wildman–Crippen LogP) is 4.30. The minimum atomic E-state index is -0.264. The van der Waals surface area contributed by atoms with Crippen LogP contribution in [0.1, 0.15) is 28.8 Å². The number of aromatic nitrogens is 2. The third kappa shape index (κ3) is 3.79. The zero-order chi connectivity index (χ0) is 19.0. The quantitative estimate of drug-likeness (QED) is 0.411. The second-order valence-electron chi connectivity index (χ2n) is 6.93. The summed E-state index contributed by atoms with van der Waals surface area (Å²) in [6, 6.07) is 9.90. The molecule has 1 fully saturated rings. The molecule has 0 radical (unpaired) electrons. The fraction of sp³-hybridized carbons (Fsp3) is 0.300. The largest absolute Gasteiger partial charge is 0.341 e. The highest BCUT2D eigenvalue weighted by atomic mass is 127. The molecule has 0 unspecified atom stereocenters. The van der Waals surface area contributed by atoms with E-state index in [1.807, 2.05) is 42.8 Å². The Balaban J connectivity index is 1.71. The normalized spacial score (nSPS) is 13.7. The van der Waals surface area contributed by atoms with E-state index >= 15 is 0 Å². The van der Waals surface area contributed by atoms with Crippen LogP contribution in [0.25, 0.3) is 11.0 Å². The molecular weight excluding hydrogens is 455 g/mol. The van der Waals surface area contributed by atoms with Crippen molar-refractivity contribution in [2.45, 2.75) is 19.8 Å². The van der Waals surface area contributed by atoms with Crippen LogP contribution in [0, 0.1) is 16.4 Å². The first-order chi connectivity index (χ1) is 13.0. The third-order valence-electron chi connectivity index (χ3n) is 4.80. The first kappa shape index (κ1) is 18.2. The van der Waals surface area contributed by atoms with E-state index in [-0.39, 0.29) is 5.91 Å². The molecule has 6 nitrogen and oxygen atoms in total. The molecule has 140 valence electrons. The Morgan fingerprint density at radius 2 is 2.19 bits per heavy atom. The number of carbonyl (C=O) groups is 1. The van der Waals surface area contributed by atoms with Gasteiger partial charge in [0.15, 0.2) is 0 Å². The smallest absolute Gasteiger partial charge is 0.279 e. The van der Waals surface area contributed by atoms with E-state index in [1.165, 1.54) is 16.4 Å². The maximum atomic E-state index is 12.9. The van der Waals surface area contributed by atoms with Gasteiger partial charge in [0.05, 0.1) is 12.2 Å². The van der Waals surface area contributed by atoms with E-state index in [1.54, 1.807) is 6.20 Å². The van der Waals surface area contributed by atoms with Crippen molar-refractivity contribution in [1.29, 1.82) is 0 Å². The molecule has 2 heterocycles. The molecule has 2 N–H and O–H groups in total. The SMILES string of the molecule is Cc1cc(I)ccc1Nc1c(C(=O)NOCC2CC2)c2cccnc2n1C. The van der Waals surface area contributed by atoms with Crippen LogP contribution < -0.4 is 10.8 Å². The van der Waals surface area contributed by atoms with Crippen molar-refractivity contribution in [3.05, 3.63) is 51.2 Å². The lowest BCUT2D eigenvalue weighted by Gasteiger charge is -2.13. The second-order valence-corrected chi connectivity index (χ2v) is 8.17. The molecular formula is C20H21IN4O2. The molecule has 2 aromatic heterocycles. The number of hydroxylamine groups is 1. The number of nitrogens with one attached hydrogen (secondary N) is 2. The van der Waals surface area contributed by atoms with Crippen LogP contribution in [0.3, 0.4) is 0 Å². The summed E-state index contributed by atoms with van der Waals surface area (Å²) in [6.07, 6.45) is 4.08. The molecule has 1 aliphatic rings. The minimum absolute atomic E-state index is 0.264. The molecule has 0 atom stereocenters. The van der Waals surface area contributed by atoms with Crippen LogP contribution in [0.4, 0.5) is 11.5 Å². The molecule has 0 spiro atoms. The average Bonchev–Trinajstić information content (AvgIpc) is 3.42. The fourth-order valence-electron chi connectivity index (χ4n) is 3.09. The number of hydrogen-bond acceptors (Lipinski definition) is 4. The summed E-state index contributed by atoms with van der Waals surface area (Å²) in [5.41, 5.74) is 5.95. The van der Waals surface area contributed by atoms with Crippen molar-refractivity contribution >= 4 is 51.0 Å². The zero-order valence-corrected chi connectivity index (χ0v) is 17.4. The molecule has 7 heteroatoms. The maximum absolute atomic E-state index is 12.9. The first-order valence-corrected chi connectivity index (χ1v) is 10.0. The number of nitrogens with zero attached hydrogens (tertiary/aromatic N) is 2. The van der Waals surface area contributed by atoms with Gasteiger partial charge < -0.3 is 9.88 Å². The first-order valence-electron chi connectivity index (χ1n) is 8.93. The number of amides is 1. The summed E-state index contributed by atoms with van der Waals surface area (Å²) >= 11 is 2.29. The molecule has 3 aromatic rings. The van der Waals surface area contributed by atoms with Crippen LogP contribution in [-0.4, -0.2) is 22.1 Å². The van der Waals surface area contributed by atoms with Gasteiger partial charge in [-0.1, -0.05) is 0 Å². The number of pyridine rings is 1. The predicted molar refractivity (Wildman–Crippen MR) is 114 cm³/mol. The van der Waals surface area contributed by atoms with E-state index in [0.29, 0.717) is 23.9 Å². The molecule has 1 saturated carbocycles. The number of aryl methyl sites for hydroxylation is 2. The molecule has 1 aliphatic carbocycles. The summed E-state index contributed by atoms with van der Waals surface area (Å²) < 4.78 is 3.07. The van der Waals surface area contributed by atoms with Crippen LogP contribution in [-0.2, 0) is 11.9 Å². The number of anilines is 2. The Morgan fingerprint density at radius 3 is 2.93 bits per heavy atom. The molecule has 27 heavy (non-hydrogen) atoms. The van der Waals surface area contributed by atoms with Crippen LogP contribution in [0.5, 0.6) is 0 Å². The Labute approximate surface area is 171 Å². The maximum Gasteiger partial charge on any atom is 0.279 e. The second kappa shape index (κ2) is 7.47. The summed E-state index contributed by atoms with van der Waals surface area (Å²) in [7, 11) is 1.90. The van der Waals surface area contributed by atoms with Gasteiger partial charge in [-0.25, -0.2) is 10.5 Å². The highest BCUT2D eigenvalue weighted by Crippen LogP contribution is 2.32. The molecule has 4 rings (SSSR count). The number of benzene rings is 1. The van der Waals surface area contributed by atoms with Crippen LogP contribution in [0.2, 0.25) is 0 Å². The highest BCUT2D eigenvalue weighted by molar-refractivity contribution is 14.1. The number of hydrogen-bond donors (Lipinski definition) is 2. The van der Waals surface area contributed by atoms with Gasteiger partial charge in [0.25, 0.3) is 5.91 Å². The topological polar surface area (TPSA) is 68.2 Å². The lowest BCUT2D eigenvalue weighted by atomic mass is 10.1. The van der Waals surface area contributed by atoms with Gasteiger partial charge in [0.2, 0.25) is 0 Å². The fourth-order valence-corrected chi connectivity index (χ4v) is 3.74. The van der Waals surface area contributed by atoms with Crippen molar-refractivity contribution in [3.63, 3.8) is 0 Å². The van der Waals surface area contributed by atoms with Crippen molar-refractivity contribution < 1.29 is 9.63 Å². The van der Waals surface area contributed by atoms with Crippen LogP contribution in [0.15, 0.2) is 36.5 Å². The highest BCUT2D eigenvalue weighted by Gasteiger charge is 2.25. The number of rotatable bonds is 6. The van der Waals surface area contributed by atoms with E-state index in [9.17, 15) is 4.79 Å². The lowest BCUT2D eigenvalue weighted by molar-refractivity contribution is 0.0272. The molecule has 1 amide bonds. The van der Waals surface area contributed by atoms with E-state index in [4.69, 9.17) is 4.84 Å². The monoisotopic (exact) mass is 476 g/mol. The van der Waals surface area contributed by atoms with Gasteiger partial charge in [-0.15, -0.1) is 0 Å². The third-order valence-corrected chi connectivity index (χ3v) is 5.47. The van der Waals surface area contributed by atoms with E-state index in [0.717, 1.165) is 22.3 Å². The Hall–Kier alpha value is -2.13. The van der Waals surface area contributed by atoms with Gasteiger partial charge >= 0.3 is 0 Å². The van der Waals surface area contributed by atoms with Crippen LogP contribution >= 0.6 is 22.6 Å². The average molecular weight is 476 g/mol. The van der Waals surface area contributed by atoms with Gasteiger partial charge in [-0.3, -0.25) is 9.63 Å². The molecule has 1 aromatic carbocycles. The van der Waals surface area contributed by atoms with Gasteiger partial charge in [-0.05, 0) is 84.2 Å². The summed E-state index contributed by atoms with van der Waals surface area (Å²) in [4.78, 5) is 22.8. The van der Waals surface area contributed by atoms with Crippen molar-refractivity contribution in [1.82, 2.24) is 15.0 Å². The molecule has 0 saturated heterocycles. The van der Waals surface area contributed by atoms with Gasteiger partial charge in [0.1, 0.15) is 11.5 Å². The lowest BCUT2D eigenvalue weighted by Crippen LogP contribution is -2.25. The summed E-state index contributed by atoms with van der Waals surface area (Å²) in [5.74, 6) is 1.01. The molecule has 0 bridgehead atoms. The Morgan fingerprint density at radius 1 is 1.37 bits per heavy atom.